The summed E-state index contributed by atoms with van der Waals surface area (Å²) < 4.78 is 12.1. The fourth-order valence-electron chi connectivity index (χ4n) is 5.71. The Bertz CT molecular complexity index is 819. The quantitative estimate of drug-likeness (QED) is 0.636. The van der Waals surface area contributed by atoms with Crippen molar-refractivity contribution in [3.8, 4) is 0 Å². The molecule has 2 N–H and O–H groups in total. The SMILES string of the molecule is CN=C(NC(C)c1cc2ccccc2o1)NC1C2CCOC2C12CCCC2. The molecule has 3 fully saturated rings. The van der Waals surface area contributed by atoms with Gasteiger partial charge < -0.3 is 19.8 Å². The molecule has 4 unspecified atom stereocenters. The highest BCUT2D eigenvalue weighted by atomic mass is 16.5. The number of benzene rings is 1. The molecule has 4 atom stereocenters. The zero-order valence-electron chi connectivity index (χ0n) is 16.2. The molecule has 0 amide bonds. The highest BCUT2D eigenvalue weighted by molar-refractivity contribution is 5.81. The first kappa shape index (κ1) is 17.1. The molecule has 1 aliphatic heterocycles. The van der Waals surface area contributed by atoms with Gasteiger partial charge in [0.25, 0.3) is 0 Å². The fraction of sp³-hybridized carbons (Fsp3) is 0.591. The van der Waals surface area contributed by atoms with Crippen LogP contribution in [-0.2, 0) is 4.74 Å². The lowest BCUT2D eigenvalue weighted by Crippen LogP contribution is -2.69. The number of hydrogen-bond donors (Lipinski definition) is 2. The summed E-state index contributed by atoms with van der Waals surface area (Å²) in [4.78, 5) is 4.51. The third-order valence-corrected chi connectivity index (χ3v) is 7.03. The van der Waals surface area contributed by atoms with Crippen molar-refractivity contribution < 1.29 is 9.15 Å². The molecule has 2 heterocycles. The number of para-hydroxylation sites is 1. The van der Waals surface area contributed by atoms with Crippen molar-refractivity contribution in [3.05, 3.63) is 36.1 Å². The van der Waals surface area contributed by atoms with Gasteiger partial charge in [0.15, 0.2) is 5.96 Å². The molecule has 5 nitrogen and oxygen atoms in total. The summed E-state index contributed by atoms with van der Waals surface area (Å²) in [6.45, 7) is 3.04. The monoisotopic (exact) mass is 367 g/mol. The lowest BCUT2D eigenvalue weighted by Gasteiger charge is -2.57. The lowest BCUT2D eigenvalue weighted by molar-refractivity contribution is -0.125. The van der Waals surface area contributed by atoms with Crippen molar-refractivity contribution in [2.45, 2.75) is 57.2 Å². The maximum atomic E-state index is 6.10. The van der Waals surface area contributed by atoms with Gasteiger partial charge in [-0.15, -0.1) is 0 Å². The number of ether oxygens (including phenoxy) is 1. The van der Waals surface area contributed by atoms with Crippen LogP contribution in [0.1, 0.15) is 50.8 Å². The van der Waals surface area contributed by atoms with Crippen molar-refractivity contribution >= 4 is 16.9 Å². The minimum atomic E-state index is 0.0545. The second-order valence-electron chi connectivity index (χ2n) is 8.43. The van der Waals surface area contributed by atoms with Crippen molar-refractivity contribution in [1.29, 1.82) is 0 Å². The Balaban J connectivity index is 1.30. The molecular weight excluding hydrogens is 338 g/mol. The number of nitrogens with one attached hydrogen (secondary N) is 2. The van der Waals surface area contributed by atoms with Gasteiger partial charge in [0.2, 0.25) is 0 Å². The van der Waals surface area contributed by atoms with Gasteiger partial charge in [-0.25, -0.2) is 0 Å². The van der Waals surface area contributed by atoms with Crippen LogP contribution in [0.3, 0.4) is 0 Å². The summed E-state index contributed by atoms with van der Waals surface area (Å²) in [6, 6.07) is 10.8. The first-order valence-electron chi connectivity index (χ1n) is 10.3. The van der Waals surface area contributed by atoms with E-state index in [1.54, 1.807) is 0 Å². The summed E-state index contributed by atoms with van der Waals surface area (Å²) >= 11 is 0. The summed E-state index contributed by atoms with van der Waals surface area (Å²) in [5.74, 6) is 2.43. The van der Waals surface area contributed by atoms with Crippen molar-refractivity contribution in [2.24, 2.45) is 16.3 Å². The van der Waals surface area contributed by atoms with Crippen molar-refractivity contribution in [1.82, 2.24) is 10.6 Å². The Kier molecular flexibility index (Phi) is 4.15. The molecular formula is C22H29N3O2. The van der Waals surface area contributed by atoms with Gasteiger partial charge in [-0.05, 0) is 38.3 Å². The lowest BCUT2D eigenvalue weighted by atomic mass is 9.54. The number of furan rings is 1. The Hall–Kier alpha value is -2.01. The number of guanidine groups is 1. The Morgan fingerprint density at radius 3 is 2.85 bits per heavy atom. The van der Waals surface area contributed by atoms with Crippen LogP contribution in [0.2, 0.25) is 0 Å². The van der Waals surface area contributed by atoms with Gasteiger partial charge >= 0.3 is 0 Å². The fourth-order valence-corrected chi connectivity index (χ4v) is 5.71. The number of fused-ring (bicyclic) bond motifs is 3. The van der Waals surface area contributed by atoms with E-state index in [9.17, 15) is 0 Å². The molecule has 144 valence electrons. The predicted octanol–water partition coefficient (Wildman–Crippen LogP) is 4.01. The maximum Gasteiger partial charge on any atom is 0.191 e. The predicted molar refractivity (Wildman–Crippen MR) is 107 cm³/mol. The minimum absolute atomic E-state index is 0.0545. The van der Waals surface area contributed by atoms with Gasteiger partial charge in [0, 0.05) is 36.4 Å². The van der Waals surface area contributed by atoms with Crippen LogP contribution in [0.5, 0.6) is 0 Å². The number of rotatable bonds is 3. The molecule has 27 heavy (non-hydrogen) atoms. The molecule has 0 radical (unpaired) electrons. The molecule has 2 aliphatic carbocycles. The third kappa shape index (κ3) is 2.66. The van der Waals surface area contributed by atoms with Crippen LogP contribution in [-0.4, -0.2) is 31.8 Å². The molecule has 1 aromatic carbocycles. The van der Waals surface area contributed by atoms with Gasteiger partial charge in [-0.1, -0.05) is 31.0 Å². The Morgan fingerprint density at radius 1 is 1.26 bits per heavy atom. The van der Waals surface area contributed by atoms with Crippen LogP contribution in [0.15, 0.2) is 39.7 Å². The van der Waals surface area contributed by atoms with Gasteiger partial charge in [-0.3, -0.25) is 4.99 Å². The Morgan fingerprint density at radius 2 is 2.07 bits per heavy atom. The van der Waals surface area contributed by atoms with E-state index in [1.165, 1.54) is 32.1 Å². The number of aliphatic imine (C=N–C) groups is 1. The van der Waals surface area contributed by atoms with Gasteiger partial charge in [0.05, 0.1) is 12.1 Å². The van der Waals surface area contributed by atoms with E-state index < -0.39 is 0 Å². The van der Waals surface area contributed by atoms with Gasteiger partial charge in [-0.2, -0.15) is 0 Å². The largest absolute Gasteiger partial charge is 0.459 e. The summed E-state index contributed by atoms with van der Waals surface area (Å²) in [5.41, 5.74) is 1.25. The molecule has 0 bridgehead atoms. The molecule has 1 aromatic heterocycles. The van der Waals surface area contributed by atoms with E-state index in [1.807, 2.05) is 25.2 Å². The van der Waals surface area contributed by atoms with E-state index >= 15 is 0 Å². The minimum Gasteiger partial charge on any atom is -0.459 e. The molecule has 2 aromatic rings. The zero-order chi connectivity index (χ0) is 18.4. The molecule has 5 heteroatoms. The van der Waals surface area contributed by atoms with Crippen LogP contribution in [0.4, 0.5) is 0 Å². The van der Waals surface area contributed by atoms with Gasteiger partial charge in [0.1, 0.15) is 11.3 Å². The van der Waals surface area contributed by atoms with E-state index in [4.69, 9.17) is 9.15 Å². The molecule has 1 spiro atoms. The second-order valence-corrected chi connectivity index (χ2v) is 8.43. The van der Waals surface area contributed by atoms with Crippen LogP contribution in [0, 0.1) is 11.3 Å². The highest BCUT2D eigenvalue weighted by Crippen LogP contribution is 2.60. The average Bonchev–Trinajstić information content (AvgIpc) is 3.42. The van der Waals surface area contributed by atoms with Crippen molar-refractivity contribution in [3.63, 3.8) is 0 Å². The topological polar surface area (TPSA) is 58.8 Å². The maximum absolute atomic E-state index is 6.10. The highest BCUT2D eigenvalue weighted by Gasteiger charge is 2.65. The van der Waals surface area contributed by atoms with Crippen LogP contribution < -0.4 is 10.6 Å². The number of hydrogen-bond acceptors (Lipinski definition) is 3. The van der Waals surface area contributed by atoms with Crippen LogP contribution >= 0.6 is 0 Å². The average molecular weight is 367 g/mol. The van der Waals surface area contributed by atoms with E-state index in [2.05, 4.69) is 34.7 Å². The summed E-state index contributed by atoms with van der Waals surface area (Å²) in [6.07, 6.45) is 6.84. The molecule has 5 rings (SSSR count). The van der Waals surface area contributed by atoms with E-state index in [-0.39, 0.29) is 6.04 Å². The third-order valence-electron chi connectivity index (χ3n) is 7.03. The molecule has 1 saturated heterocycles. The van der Waals surface area contributed by atoms with Crippen LogP contribution in [0.25, 0.3) is 11.0 Å². The normalized spacial score (nSPS) is 30.3. The molecule has 2 saturated carbocycles. The smallest absolute Gasteiger partial charge is 0.191 e. The number of nitrogens with zero attached hydrogens (tertiary/aromatic N) is 1. The first-order valence-corrected chi connectivity index (χ1v) is 10.3. The Labute approximate surface area is 160 Å². The molecule has 3 aliphatic rings. The van der Waals surface area contributed by atoms with E-state index in [0.29, 0.717) is 23.5 Å². The van der Waals surface area contributed by atoms with Crippen molar-refractivity contribution in [2.75, 3.05) is 13.7 Å². The first-order chi connectivity index (χ1) is 13.2. The summed E-state index contributed by atoms with van der Waals surface area (Å²) in [5, 5.41) is 8.43. The standard InChI is InChI=1S/C22H29N3O2/c1-14(18-13-15-7-3-4-8-17(15)27-18)24-21(23-2)25-19-16-9-12-26-20(16)22(19)10-5-6-11-22/h3-4,7-8,13-14,16,19-20H,5-6,9-12H2,1-2H3,(H2,23,24,25). The zero-order valence-corrected chi connectivity index (χ0v) is 16.2. The second kappa shape index (κ2) is 6.55. The summed E-state index contributed by atoms with van der Waals surface area (Å²) in [7, 11) is 1.85. The van der Waals surface area contributed by atoms with E-state index in [0.717, 1.165) is 29.3 Å².